The van der Waals surface area contributed by atoms with Gasteiger partial charge in [-0.2, -0.15) is 0 Å². The van der Waals surface area contributed by atoms with Gasteiger partial charge in [-0.25, -0.2) is 8.78 Å². The summed E-state index contributed by atoms with van der Waals surface area (Å²) in [7, 11) is 0. The summed E-state index contributed by atoms with van der Waals surface area (Å²) in [6, 6.07) is 3.32. The molecule has 0 fully saturated rings. The highest BCUT2D eigenvalue weighted by atomic mass is 19.1. The summed E-state index contributed by atoms with van der Waals surface area (Å²) in [5.74, 6) is -3.39. The lowest BCUT2D eigenvalue weighted by Gasteiger charge is -2.19. The summed E-state index contributed by atoms with van der Waals surface area (Å²) in [4.78, 5) is 10.7. The van der Waals surface area contributed by atoms with Gasteiger partial charge in [0.15, 0.2) is 17.4 Å². The Hall–Kier alpha value is -1.69. The molecule has 0 spiro atoms. The maximum absolute atomic E-state index is 13.1. The Balaban J connectivity index is 2.60. The summed E-state index contributed by atoms with van der Waals surface area (Å²) < 4.78 is 31.1. The molecule has 1 aromatic rings. The smallest absolute Gasteiger partial charge is 0.323 e. The average molecular weight is 245 g/mol. The zero-order valence-corrected chi connectivity index (χ0v) is 9.24. The summed E-state index contributed by atoms with van der Waals surface area (Å²) in [6.07, 6.45) is -0.0594. The molecule has 0 aromatic heterocycles. The monoisotopic (exact) mass is 245 g/mol. The molecule has 0 heterocycles. The predicted molar refractivity (Wildman–Crippen MR) is 56.7 cm³/mol. The molecule has 0 amide bonds. The van der Waals surface area contributed by atoms with Crippen molar-refractivity contribution in [2.24, 2.45) is 5.73 Å². The van der Waals surface area contributed by atoms with E-state index >= 15 is 0 Å². The van der Waals surface area contributed by atoms with E-state index in [1.807, 2.05) is 0 Å². The lowest BCUT2D eigenvalue weighted by Crippen LogP contribution is -2.45. The number of hydrogen-bond donors (Lipinski definition) is 2. The number of halogens is 2. The van der Waals surface area contributed by atoms with Crippen LogP contribution in [0.5, 0.6) is 5.75 Å². The van der Waals surface area contributed by atoms with E-state index in [-0.39, 0.29) is 13.0 Å². The van der Waals surface area contributed by atoms with Gasteiger partial charge in [-0.15, -0.1) is 0 Å². The van der Waals surface area contributed by atoms with Crippen LogP contribution in [0, 0.1) is 11.6 Å². The minimum atomic E-state index is -1.48. The number of para-hydroxylation sites is 1. The van der Waals surface area contributed by atoms with Crippen LogP contribution in [0.3, 0.4) is 0 Å². The van der Waals surface area contributed by atoms with E-state index in [2.05, 4.69) is 0 Å². The van der Waals surface area contributed by atoms with E-state index in [1.54, 1.807) is 0 Å². The van der Waals surface area contributed by atoms with Crippen molar-refractivity contribution in [3.05, 3.63) is 29.8 Å². The second-order valence-corrected chi connectivity index (χ2v) is 3.87. The Morgan fingerprint density at radius 1 is 1.47 bits per heavy atom. The molecule has 3 N–H and O–H groups in total. The Morgan fingerprint density at radius 2 is 2.00 bits per heavy atom. The number of ether oxygens (including phenoxy) is 1. The van der Waals surface area contributed by atoms with E-state index in [0.717, 1.165) is 12.1 Å². The fraction of sp³-hybridized carbons (Fsp3) is 0.364. The van der Waals surface area contributed by atoms with Gasteiger partial charge in [0.05, 0.1) is 6.61 Å². The number of aliphatic carboxylic acids is 1. The van der Waals surface area contributed by atoms with Gasteiger partial charge in [-0.05, 0) is 19.1 Å². The molecule has 6 heteroatoms. The number of carbonyl (C=O) groups is 1. The molecule has 0 radical (unpaired) electrons. The summed E-state index contributed by atoms with van der Waals surface area (Å²) >= 11 is 0. The van der Waals surface area contributed by atoms with Crippen molar-refractivity contribution in [2.75, 3.05) is 6.61 Å². The third kappa shape index (κ3) is 3.39. The zero-order valence-electron chi connectivity index (χ0n) is 9.24. The van der Waals surface area contributed by atoms with Crippen molar-refractivity contribution in [3.63, 3.8) is 0 Å². The van der Waals surface area contributed by atoms with E-state index < -0.39 is 28.9 Å². The van der Waals surface area contributed by atoms with Crippen LogP contribution in [0.25, 0.3) is 0 Å². The van der Waals surface area contributed by atoms with Gasteiger partial charge in [0, 0.05) is 6.42 Å². The molecule has 1 aromatic carbocycles. The molecule has 0 saturated heterocycles. The van der Waals surface area contributed by atoms with Crippen molar-refractivity contribution in [3.8, 4) is 5.75 Å². The summed E-state index contributed by atoms with van der Waals surface area (Å²) in [5.41, 5.74) is 3.95. The number of rotatable bonds is 5. The molecule has 4 nitrogen and oxygen atoms in total. The normalized spacial score (nSPS) is 14.1. The van der Waals surface area contributed by atoms with Gasteiger partial charge in [0.2, 0.25) is 0 Å². The molecule has 0 aliphatic heterocycles. The molecular weight excluding hydrogens is 232 g/mol. The molecule has 17 heavy (non-hydrogen) atoms. The summed E-state index contributed by atoms with van der Waals surface area (Å²) in [5, 5.41) is 8.72. The van der Waals surface area contributed by atoms with Crippen molar-refractivity contribution in [1.29, 1.82) is 0 Å². The van der Waals surface area contributed by atoms with Crippen molar-refractivity contribution in [2.45, 2.75) is 18.9 Å². The third-order valence-corrected chi connectivity index (χ3v) is 2.28. The van der Waals surface area contributed by atoms with Crippen LogP contribution in [0.15, 0.2) is 18.2 Å². The first-order chi connectivity index (χ1) is 7.84. The standard InChI is InChI=1S/C11H13F2NO3/c1-11(14,10(15)16)5-6-17-9-7(12)3-2-4-8(9)13/h2-4H,5-6,14H2,1H3,(H,15,16). The fourth-order valence-corrected chi connectivity index (χ4v) is 1.09. The lowest BCUT2D eigenvalue weighted by molar-refractivity contribution is -0.143. The fourth-order valence-electron chi connectivity index (χ4n) is 1.09. The topological polar surface area (TPSA) is 72.5 Å². The molecule has 0 bridgehead atoms. The van der Waals surface area contributed by atoms with Crippen LogP contribution in [-0.4, -0.2) is 23.2 Å². The third-order valence-electron chi connectivity index (χ3n) is 2.28. The first kappa shape index (κ1) is 13.4. The summed E-state index contributed by atoms with van der Waals surface area (Å²) in [6.45, 7) is 1.12. The van der Waals surface area contributed by atoms with Crippen LogP contribution in [0.1, 0.15) is 13.3 Å². The largest absolute Gasteiger partial charge is 0.488 e. The highest BCUT2D eigenvalue weighted by Gasteiger charge is 2.27. The first-order valence-corrected chi connectivity index (χ1v) is 4.93. The van der Waals surface area contributed by atoms with Gasteiger partial charge in [-0.3, -0.25) is 4.79 Å². The molecule has 1 atom stereocenters. The van der Waals surface area contributed by atoms with E-state index in [9.17, 15) is 13.6 Å². The van der Waals surface area contributed by atoms with Gasteiger partial charge < -0.3 is 15.6 Å². The van der Waals surface area contributed by atoms with Crippen LogP contribution >= 0.6 is 0 Å². The average Bonchev–Trinajstić information content (AvgIpc) is 2.22. The highest BCUT2D eigenvalue weighted by molar-refractivity contribution is 5.77. The van der Waals surface area contributed by atoms with Crippen molar-refractivity contribution >= 4 is 5.97 Å². The number of benzene rings is 1. The highest BCUT2D eigenvalue weighted by Crippen LogP contribution is 2.21. The molecular formula is C11H13F2NO3. The molecule has 0 aliphatic carbocycles. The van der Waals surface area contributed by atoms with Gasteiger partial charge in [0.25, 0.3) is 0 Å². The van der Waals surface area contributed by atoms with E-state index in [1.165, 1.54) is 13.0 Å². The molecule has 1 rings (SSSR count). The number of hydrogen-bond acceptors (Lipinski definition) is 3. The van der Waals surface area contributed by atoms with Crippen LogP contribution < -0.4 is 10.5 Å². The molecule has 94 valence electrons. The Bertz CT molecular complexity index is 401. The van der Waals surface area contributed by atoms with E-state index in [0.29, 0.717) is 0 Å². The number of carboxylic acid groups (broad SMARTS) is 1. The second-order valence-electron chi connectivity index (χ2n) is 3.87. The molecule has 1 unspecified atom stereocenters. The SMILES string of the molecule is CC(N)(CCOc1c(F)cccc1F)C(=O)O. The number of nitrogens with two attached hydrogens (primary N) is 1. The van der Waals surface area contributed by atoms with Crippen LogP contribution in [-0.2, 0) is 4.79 Å². The van der Waals surface area contributed by atoms with Gasteiger partial charge in [-0.1, -0.05) is 6.07 Å². The Labute approximate surface area is 97.0 Å². The minimum absolute atomic E-state index is 0.0594. The molecule has 0 saturated carbocycles. The van der Waals surface area contributed by atoms with Gasteiger partial charge >= 0.3 is 5.97 Å². The Morgan fingerprint density at radius 3 is 2.47 bits per heavy atom. The second kappa shape index (κ2) is 5.09. The zero-order chi connectivity index (χ0) is 13.1. The lowest BCUT2D eigenvalue weighted by atomic mass is 10.0. The Kier molecular flexibility index (Phi) is 4.01. The maximum atomic E-state index is 13.1. The quantitative estimate of drug-likeness (QED) is 0.825. The van der Waals surface area contributed by atoms with Crippen LogP contribution in [0.2, 0.25) is 0 Å². The van der Waals surface area contributed by atoms with Gasteiger partial charge in [0.1, 0.15) is 5.54 Å². The first-order valence-electron chi connectivity index (χ1n) is 4.93. The maximum Gasteiger partial charge on any atom is 0.323 e. The predicted octanol–water partition coefficient (Wildman–Crippen LogP) is 1.54. The van der Waals surface area contributed by atoms with Crippen molar-refractivity contribution in [1.82, 2.24) is 0 Å². The minimum Gasteiger partial charge on any atom is -0.488 e. The van der Waals surface area contributed by atoms with E-state index in [4.69, 9.17) is 15.6 Å². The van der Waals surface area contributed by atoms with Crippen LogP contribution in [0.4, 0.5) is 8.78 Å². The number of carboxylic acids is 1. The molecule has 0 aliphatic rings. The van der Waals surface area contributed by atoms with Crippen molar-refractivity contribution < 1.29 is 23.4 Å².